The van der Waals surface area contributed by atoms with Crippen LogP contribution in [0.2, 0.25) is 0 Å². The smallest absolute Gasteiger partial charge is 0.227 e. The zero-order valence-electron chi connectivity index (χ0n) is 14.1. The molecule has 23 heavy (non-hydrogen) atoms. The van der Waals surface area contributed by atoms with Crippen LogP contribution in [0, 0.1) is 0 Å². The van der Waals surface area contributed by atoms with Crippen LogP contribution in [0.25, 0.3) is 0 Å². The molecule has 0 atom stereocenters. The van der Waals surface area contributed by atoms with Crippen LogP contribution in [0.1, 0.15) is 44.7 Å². The molecule has 1 saturated heterocycles. The van der Waals surface area contributed by atoms with E-state index in [9.17, 15) is 5.11 Å². The third-order valence-electron chi connectivity index (χ3n) is 4.81. The minimum absolute atomic E-state index is 0.565. The van der Waals surface area contributed by atoms with Crippen LogP contribution in [-0.2, 0) is 11.2 Å². The van der Waals surface area contributed by atoms with Gasteiger partial charge in [0, 0.05) is 31.4 Å². The quantitative estimate of drug-likeness (QED) is 0.864. The first-order valence-electron chi connectivity index (χ1n) is 8.85. The van der Waals surface area contributed by atoms with Crippen LogP contribution in [0.3, 0.4) is 0 Å². The van der Waals surface area contributed by atoms with Crippen LogP contribution in [0.15, 0.2) is 6.07 Å². The van der Waals surface area contributed by atoms with Gasteiger partial charge in [-0.15, -0.1) is 0 Å². The lowest BCUT2D eigenvalue weighted by Crippen LogP contribution is -2.39. The van der Waals surface area contributed by atoms with Crippen molar-refractivity contribution in [2.75, 3.05) is 43.1 Å². The highest BCUT2D eigenvalue weighted by Crippen LogP contribution is 2.28. The molecule has 0 unspecified atom stereocenters. The number of ether oxygens (including phenoxy) is 1. The highest BCUT2D eigenvalue weighted by Gasteiger charge is 2.29. The van der Waals surface area contributed by atoms with Gasteiger partial charge < -0.3 is 20.1 Å². The van der Waals surface area contributed by atoms with Crippen LogP contribution >= 0.6 is 0 Å². The van der Waals surface area contributed by atoms with E-state index in [4.69, 9.17) is 4.74 Å². The fourth-order valence-electron chi connectivity index (χ4n) is 3.30. The average molecular weight is 320 g/mol. The van der Waals surface area contributed by atoms with Gasteiger partial charge in [0.15, 0.2) is 0 Å². The molecule has 0 spiro atoms. The number of anilines is 2. The lowest BCUT2D eigenvalue weighted by atomic mass is 9.85. The molecule has 1 aliphatic heterocycles. The second-order valence-electron chi connectivity index (χ2n) is 6.64. The summed E-state index contributed by atoms with van der Waals surface area (Å²) in [5, 5.41) is 14.0. The van der Waals surface area contributed by atoms with Crippen molar-refractivity contribution in [1.82, 2.24) is 9.97 Å². The van der Waals surface area contributed by atoms with Gasteiger partial charge in [-0.05, 0) is 19.3 Å². The summed E-state index contributed by atoms with van der Waals surface area (Å²) in [6, 6.07) is 2.00. The summed E-state index contributed by atoms with van der Waals surface area (Å²) in [6.45, 7) is 5.77. The summed E-state index contributed by atoms with van der Waals surface area (Å²) < 4.78 is 5.40. The van der Waals surface area contributed by atoms with Crippen molar-refractivity contribution in [3.8, 4) is 0 Å². The van der Waals surface area contributed by atoms with E-state index < -0.39 is 5.60 Å². The minimum Gasteiger partial charge on any atom is -0.388 e. The number of nitrogens with one attached hydrogen (secondary N) is 1. The van der Waals surface area contributed by atoms with Gasteiger partial charge >= 0.3 is 0 Å². The summed E-state index contributed by atoms with van der Waals surface area (Å²) in [6.07, 6.45) is 6.09. The van der Waals surface area contributed by atoms with E-state index in [0.29, 0.717) is 6.54 Å². The molecule has 6 heteroatoms. The molecule has 2 N–H and O–H groups in total. The predicted molar refractivity (Wildman–Crippen MR) is 91.0 cm³/mol. The summed E-state index contributed by atoms with van der Waals surface area (Å²) >= 11 is 0. The Morgan fingerprint density at radius 1 is 1.22 bits per heavy atom. The zero-order valence-corrected chi connectivity index (χ0v) is 14.1. The molecule has 3 rings (SSSR count). The maximum absolute atomic E-state index is 10.6. The molecule has 1 aromatic heterocycles. The largest absolute Gasteiger partial charge is 0.388 e. The SMILES string of the molecule is CCc1cc(NCC2(O)CCCCC2)nc(N2CCOCC2)n1. The van der Waals surface area contributed by atoms with Crippen LogP contribution in [-0.4, -0.2) is 53.5 Å². The highest BCUT2D eigenvalue weighted by molar-refractivity contribution is 5.44. The van der Waals surface area contributed by atoms with E-state index in [1.807, 2.05) is 6.07 Å². The Kier molecular flexibility index (Phi) is 5.33. The third-order valence-corrected chi connectivity index (χ3v) is 4.81. The summed E-state index contributed by atoms with van der Waals surface area (Å²) in [5.41, 5.74) is 0.439. The second-order valence-corrected chi connectivity index (χ2v) is 6.64. The zero-order chi connectivity index (χ0) is 16.1. The predicted octanol–water partition coefficient (Wildman–Crippen LogP) is 1.98. The first-order chi connectivity index (χ1) is 11.2. The topological polar surface area (TPSA) is 70.5 Å². The monoisotopic (exact) mass is 320 g/mol. The van der Waals surface area contributed by atoms with Crippen molar-refractivity contribution in [2.45, 2.75) is 51.0 Å². The molecular weight excluding hydrogens is 292 g/mol. The first kappa shape index (κ1) is 16.5. The Labute approximate surface area is 138 Å². The van der Waals surface area contributed by atoms with Crippen molar-refractivity contribution >= 4 is 11.8 Å². The van der Waals surface area contributed by atoms with Crippen molar-refractivity contribution in [2.24, 2.45) is 0 Å². The van der Waals surface area contributed by atoms with Gasteiger partial charge in [0.1, 0.15) is 5.82 Å². The number of morpholine rings is 1. The van der Waals surface area contributed by atoms with Crippen LogP contribution in [0.4, 0.5) is 11.8 Å². The Morgan fingerprint density at radius 2 is 1.96 bits per heavy atom. The highest BCUT2D eigenvalue weighted by atomic mass is 16.5. The van der Waals surface area contributed by atoms with Crippen molar-refractivity contribution in [1.29, 1.82) is 0 Å². The van der Waals surface area contributed by atoms with E-state index in [2.05, 4.69) is 27.1 Å². The standard InChI is InChI=1S/C17H28N4O2/c1-2-14-12-15(18-13-17(22)6-4-3-5-7-17)20-16(19-14)21-8-10-23-11-9-21/h12,22H,2-11,13H2,1H3,(H,18,19,20). The number of aryl methyl sites for hydroxylation is 1. The Morgan fingerprint density at radius 3 is 2.65 bits per heavy atom. The molecule has 1 saturated carbocycles. The number of hydrogen-bond acceptors (Lipinski definition) is 6. The average Bonchev–Trinajstić information content (AvgIpc) is 2.61. The van der Waals surface area contributed by atoms with Gasteiger partial charge in [-0.25, -0.2) is 4.98 Å². The Bertz CT molecular complexity index is 511. The van der Waals surface area contributed by atoms with Crippen molar-refractivity contribution in [3.63, 3.8) is 0 Å². The Balaban J connectivity index is 1.70. The van der Waals surface area contributed by atoms with Crippen molar-refractivity contribution < 1.29 is 9.84 Å². The molecule has 128 valence electrons. The van der Waals surface area contributed by atoms with Crippen molar-refractivity contribution in [3.05, 3.63) is 11.8 Å². The fraction of sp³-hybridized carbons (Fsp3) is 0.765. The van der Waals surface area contributed by atoms with Gasteiger partial charge in [0.25, 0.3) is 0 Å². The maximum atomic E-state index is 10.6. The number of rotatable bonds is 5. The van der Waals surface area contributed by atoms with E-state index in [1.54, 1.807) is 0 Å². The van der Waals surface area contributed by atoms with Gasteiger partial charge in [0.05, 0.1) is 18.8 Å². The van der Waals surface area contributed by atoms with E-state index in [1.165, 1.54) is 6.42 Å². The molecule has 1 aliphatic carbocycles. The van der Waals surface area contributed by atoms with E-state index >= 15 is 0 Å². The molecular formula is C17H28N4O2. The van der Waals surface area contributed by atoms with E-state index in [-0.39, 0.29) is 0 Å². The number of aromatic nitrogens is 2. The first-order valence-corrected chi connectivity index (χ1v) is 8.85. The molecule has 1 aromatic rings. The Hall–Kier alpha value is -1.40. The normalized spacial score (nSPS) is 21.2. The molecule has 6 nitrogen and oxygen atoms in total. The maximum Gasteiger partial charge on any atom is 0.227 e. The lowest BCUT2D eigenvalue weighted by molar-refractivity contribution is 0.0166. The summed E-state index contributed by atoms with van der Waals surface area (Å²) in [4.78, 5) is 11.5. The molecule has 2 heterocycles. The molecule has 0 radical (unpaired) electrons. The second kappa shape index (κ2) is 7.45. The molecule has 2 aliphatic rings. The lowest BCUT2D eigenvalue weighted by Gasteiger charge is -2.32. The van der Waals surface area contributed by atoms with E-state index in [0.717, 1.165) is 75.9 Å². The number of nitrogens with zero attached hydrogens (tertiary/aromatic N) is 3. The molecule has 0 aromatic carbocycles. The molecule has 0 bridgehead atoms. The van der Waals surface area contributed by atoms with Crippen LogP contribution < -0.4 is 10.2 Å². The number of hydrogen-bond donors (Lipinski definition) is 2. The van der Waals surface area contributed by atoms with Gasteiger partial charge in [-0.3, -0.25) is 0 Å². The molecule has 2 fully saturated rings. The molecule has 0 amide bonds. The van der Waals surface area contributed by atoms with Gasteiger partial charge in [-0.2, -0.15) is 4.98 Å². The van der Waals surface area contributed by atoms with Crippen LogP contribution in [0.5, 0.6) is 0 Å². The van der Waals surface area contributed by atoms with Gasteiger partial charge in [0.2, 0.25) is 5.95 Å². The third kappa shape index (κ3) is 4.32. The summed E-state index contributed by atoms with van der Waals surface area (Å²) in [7, 11) is 0. The number of aliphatic hydroxyl groups is 1. The fourth-order valence-corrected chi connectivity index (χ4v) is 3.30. The van der Waals surface area contributed by atoms with Gasteiger partial charge in [-0.1, -0.05) is 26.2 Å². The minimum atomic E-state index is -0.589. The summed E-state index contributed by atoms with van der Waals surface area (Å²) in [5.74, 6) is 1.59.